The van der Waals surface area contributed by atoms with Crippen molar-refractivity contribution in [1.82, 2.24) is 10.2 Å². The summed E-state index contributed by atoms with van der Waals surface area (Å²) in [4.78, 5) is 27.3. The molecule has 2 aromatic carbocycles. The molecule has 6 nitrogen and oxygen atoms in total. The first-order chi connectivity index (χ1) is 14.6. The average molecular weight is 406 g/mol. The number of fused-ring (bicyclic) bond motifs is 1. The van der Waals surface area contributed by atoms with E-state index in [-0.39, 0.29) is 11.8 Å². The molecule has 0 unspecified atom stereocenters. The van der Waals surface area contributed by atoms with Crippen molar-refractivity contribution in [2.24, 2.45) is 0 Å². The van der Waals surface area contributed by atoms with Gasteiger partial charge in [-0.25, -0.2) is 0 Å². The maximum Gasteiger partial charge on any atom is 0.255 e. The molecule has 156 valence electrons. The van der Waals surface area contributed by atoms with Gasteiger partial charge in [-0.3, -0.25) is 9.59 Å². The number of hydrogen-bond donors (Lipinski definition) is 1. The van der Waals surface area contributed by atoms with E-state index in [9.17, 15) is 9.59 Å². The summed E-state index contributed by atoms with van der Waals surface area (Å²) in [5, 5.41) is 3.68. The number of nitrogens with zero attached hydrogens (tertiary/aromatic N) is 1. The van der Waals surface area contributed by atoms with Crippen molar-refractivity contribution < 1.29 is 18.7 Å². The lowest BCUT2D eigenvalue weighted by molar-refractivity contribution is 0.0724. The van der Waals surface area contributed by atoms with Gasteiger partial charge in [0.2, 0.25) is 0 Å². The van der Waals surface area contributed by atoms with Crippen molar-refractivity contribution in [2.75, 3.05) is 20.2 Å². The van der Waals surface area contributed by atoms with E-state index < -0.39 is 0 Å². The Labute approximate surface area is 175 Å². The molecule has 2 amide bonds. The molecule has 0 saturated carbocycles. The van der Waals surface area contributed by atoms with Gasteiger partial charge < -0.3 is 19.4 Å². The van der Waals surface area contributed by atoms with Crippen molar-refractivity contribution in [2.45, 2.75) is 32.7 Å². The molecule has 2 heterocycles. The summed E-state index contributed by atoms with van der Waals surface area (Å²) < 4.78 is 11.0. The highest BCUT2D eigenvalue weighted by Gasteiger charge is 2.20. The van der Waals surface area contributed by atoms with E-state index in [1.165, 1.54) is 6.42 Å². The van der Waals surface area contributed by atoms with Crippen LogP contribution in [0.3, 0.4) is 0 Å². The number of amides is 2. The van der Waals surface area contributed by atoms with E-state index in [2.05, 4.69) is 5.32 Å². The van der Waals surface area contributed by atoms with Gasteiger partial charge in [-0.1, -0.05) is 12.1 Å². The molecule has 1 fully saturated rings. The number of carbonyl (C=O) groups is 2. The molecular weight excluding hydrogens is 380 g/mol. The molecule has 1 aliphatic rings. The standard InChI is InChI=1S/C24H26N2O4/c1-16-22(20-14-19(29-2)10-11-21(20)30-16)23(27)25-15-17-6-8-18(9-7-17)24(28)26-12-4-3-5-13-26/h6-11,14H,3-5,12-13,15H2,1-2H3,(H,25,27). The van der Waals surface area contributed by atoms with Crippen molar-refractivity contribution >= 4 is 22.8 Å². The lowest BCUT2D eigenvalue weighted by atomic mass is 10.1. The Balaban J connectivity index is 1.43. The molecule has 0 radical (unpaired) electrons. The zero-order valence-corrected chi connectivity index (χ0v) is 17.4. The van der Waals surface area contributed by atoms with E-state index in [0.29, 0.717) is 34.8 Å². The molecule has 6 heteroatoms. The Hall–Kier alpha value is -3.28. The molecule has 0 aliphatic carbocycles. The van der Waals surface area contributed by atoms with Crippen LogP contribution in [-0.4, -0.2) is 36.9 Å². The molecule has 0 spiro atoms. The highest BCUT2D eigenvalue weighted by atomic mass is 16.5. The number of benzene rings is 2. The number of rotatable bonds is 5. The van der Waals surface area contributed by atoms with Crippen LogP contribution in [0.4, 0.5) is 0 Å². The summed E-state index contributed by atoms with van der Waals surface area (Å²) in [5.41, 5.74) is 2.79. The minimum Gasteiger partial charge on any atom is -0.497 e. The SMILES string of the molecule is COc1ccc2oc(C)c(C(=O)NCc3ccc(C(=O)N4CCCCC4)cc3)c2c1. The lowest BCUT2D eigenvalue weighted by Gasteiger charge is -2.26. The first kappa shape index (κ1) is 20.0. The van der Waals surface area contributed by atoms with E-state index in [1.54, 1.807) is 26.2 Å². The minimum atomic E-state index is -0.201. The minimum absolute atomic E-state index is 0.0831. The van der Waals surface area contributed by atoms with E-state index in [0.717, 1.165) is 36.9 Å². The first-order valence-corrected chi connectivity index (χ1v) is 10.3. The molecule has 0 bridgehead atoms. The molecule has 1 saturated heterocycles. The molecule has 1 aromatic heterocycles. The summed E-state index contributed by atoms with van der Waals surface area (Å²) in [7, 11) is 1.59. The second kappa shape index (κ2) is 8.61. The first-order valence-electron chi connectivity index (χ1n) is 10.3. The predicted octanol–water partition coefficient (Wildman–Crippen LogP) is 4.31. The summed E-state index contributed by atoms with van der Waals surface area (Å²) in [6.45, 7) is 3.81. The number of likely N-dealkylation sites (tertiary alicyclic amines) is 1. The molecule has 1 aliphatic heterocycles. The van der Waals surface area contributed by atoms with E-state index in [1.807, 2.05) is 35.2 Å². The second-order valence-electron chi connectivity index (χ2n) is 7.63. The van der Waals surface area contributed by atoms with Crippen LogP contribution < -0.4 is 10.1 Å². The second-order valence-corrected chi connectivity index (χ2v) is 7.63. The molecule has 1 N–H and O–H groups in total. The maximum absolute atomic E-state index is 12.8. The van der Waals surface area contributed by atoms with Gasteiger partial charge in [-0.2, -0.15) is 0 Å². The number of nitrogens with one attached hydrogen (secondary N) is 1. The normalized spacial score (nSPS) is 14.0. The van der Waals surface area contributed by atoms with E-state index >= 15 is 0 Å². The Morgan fingerprint density at radius 1 is 1.07 bits per heavy atom. The number of methoxy groups -OCH3 is 1. The van der Waals surface area contributed by atoms with Gasteiger partial charge in [-0.15, -0.1) is 0 Å². The van der Waals surface area contributed by atoms with Crippen molar-refractivity contribution in [1.29, 1.82) is 0 Å². The van der Waals surface area contributed by atoms with Crippen molar-refractivity contribution in [3.05, 3.63) is 64.9 Å². The fraction of sp³-hybridized carbons (Fsp3) is 0.333. The number of ether oxygens (including phenoxy) is 1. The summed E-state index contributed by atoms with van der Waals surface area (Å²) in [6, 6.07) is 12.9. The highest BCUT2D eigenvalue weighted by molar-refractivity contribution is 6.07. The van der Waals surface area contributed by atoms with Gasteiger partial charge in [0, 0.05) is 30.6 Å². The monoisotopic (exact) mass is 406 g/mol. The van der Waals surface area contributed by atoms with Crippen LogP contribution in [-0.2, 0) is 6.54 Å². The van der Waals surface area contributed by atoms with Crippen LogP contribution in [0, 0.1) is 6.92 Å². The number of aryl methyl sites for hydroxylation is 1. The van der Waals surface area contributed by atoms with E-state index in [4.69, 9.17) is 9.15 Å². The zero-order chi connectivity index (χ0) is 21.1. The summed E-state index contributed by atoms with van der Waals surface area (Å²) in [6.07, 6.45) is 3.34. The maximum atomic E-state index is 12.8. The molecule has 3 aromatic rings. The van der Waals surface area contributed by atoms with Gasteiger partial charge >= 0.3 is 0 Å². The van der Waals surface area contributed by atoms with Crippen LogP contribution in [0.15, 0.2) is 46.9 Å². The Kier molecular flexibility index (Phi) is 5.74. The van der Waals surface area contributed by atoms with Gasteiger partial charge in [0.25, 0.3) is 11.8 Å². The van der Waals surface area contributed by atoms with Gasteiger partial charge in [0.05, 0.1) is 12.7 Å². The number of piperidine rings is 1. The third-order valence-corrected chi connectivity index (χ3v) is 5.60. The van der Waals surface area contributed by atoms with Crippen LogP contribution >= 0.6 is 0 Å². The van der Waals surface area contributed by atoms with Crippen molar-refractivity contribution in [3.8, 4) is 5.75 Å². The largest absolute Gasteiger partial charge is 0.497 e. The Morgan fingerprint density at radius 2 is 1.80 bits per heavy atom. The summed E-state index contributed by atoms with van der Waals surface area (Å²) >= 11 is 0. The van der Waals surface area contributed by atoms with Gasteiger partial charge in [0.15, 0.2) is 0 Å². The molecule has 30 heavy (non-hydrogen) atoms. The fourth-order valence-electron chi connectivity index (χ4n) is 3.92. The smallest absolute Gasteiger partial charge is 0.255 e. The molecular formula is C24H26N2O4. The summed E-state index contributed by atoms with van der Waals surface area (Å²) in [5.74, 6) is 1.12. The fourth-order valence-corrected chi connectivity index (χ4v) is 3.92. The van der Waals surface area contributed by atoms with Crippen molar-refractivity contribution in [3.63, 3.8) is 0 Å². The molecule has 0 atom stereocenters. The topological polar surface area (TPSA) is 71.8 Å². The van der Waals surface area contributed by atoms with Crippen LogP contribution in [0.2, 0.25) is 0 Å². The zero-order valence-electron chi connectivity index (χ0n) is 17.4. The Bertz CT molecular complexity index is 1060. The average Bonchev–Trinajstić information content (AvgIpc) is 3.12. The number of carbonyl (C=O) groups excluding carboxylic acids is 2. The van der Waals surface area contributed by atoms with Gasteiger partial charge in [0.1, 0.15) is 17.1 Å². The lowest BCUT2D eigenvalue weighted by Crippen LogP contribution is -2.35. The third kappa shape index (κ3) is 4.03. The third-order valence-electron chi connectivity index (χ3n) is 5.60. The van der Waals surface area contributed by atoms with Crippen LogP contribution in [0.1, 0.15) is 51.3 Å². The van der Waals surface area contributed by atoms with Crippen LogP contribution in [0.25, 0.3) is 11.0 Å². The Morgan fingerprint density at radius 3 is 2.50 bits per heavy atom. The predicted molar refractivity (Wildman–Crippen MR) is 115 cm³/mol. The highest BCUT2D eigenvalue weighted by Crippen LogP contribution is 2.29. The quantitative estimate of drug-likeness (QED) is 0.686. The number of hydrogen-bond acceptors (Lipinski definition) is 4. The van der Waals surface area contributed by atoms with Gasteiger partial charge in [-0.05, 0) is 62.1 Å². The number of furan rings is 1. The van der Waals surface area contributed by atoms with Crippen LogP contribution in [0.5, 0.6) is 5.75 Å². The molecule has 4 rings (SSSR count).